The van der Waals surface area contributed by atoms with Gasteiger partial charge in [0.2, 0.25) is 5.91 Å². The number of nitrogens with two attached hydrogens (primary N) is 1. The molecule has 0 fully saturated rings. The van der Waals surface area contributed by atoms with E-state index in [4.69, 9.17) is 15.9 Å². The van der Waals surface area contributed by atoms with Gasteiger partial charge in [-0.15, -0.1) is 0 Å². The second-order valence-corrected chi connectivity index (χ2v) is 4.77. The van der Waals surface area contributed by atoms with Gasteiger partial charge in [-0.1, -0.05) is 12.1 Å². The maximum atomic E-state index is 11.7. The molecule has 0 spiro atoms. The molecule has 1 unspecified atom stereocenters. The van der Waals surface area contributed by atoms with Crippen LogP contribution in [-0.4, -0.2) is 45.4 Å². The van der Waals surface area contributed by atoms with Gasteiger partial charge in [0.05, 0.1) is 12.6 Å². The van der Waals surface area contributed by atoms with Crippen molar-refractivity contribution in [3.63, 3.8) is 0 Å². The van der Waals surface area contributed by atoms with Gasteiger partial charge < -0.3 is 26.4 Å². The zero-order chi connectivity index (χ0) is 15.3. The second-order valence-electron chi connectivity index (χ2n) is 4.77. The Bertz CT molecular complexity index is 484. The van der Waals surface area contributed by atoms with Gasteiger partial charge in [0, 0.05) is 0 Å². The number of amides is 1. The number of carbonyl (C=O) groups excluding carboxylic acids is 1. The lowest BCUT2D eigenvalue weighted by Crippen LogP contribution is -2.50. The van der Waals surface area contributed by atoms with E-state index in [2.05, 4.69) is 5.32 Å². The van der Waals surface area contributed by atoms with Crippen LogP contribution in [0.2, 0.25) is 0 Å². The number of aliphatic carboxylic acids is 1. The average molecular weight is 282 g/mol. The van der Waals surface area contributed by atoms with E-state index in [1.54, 1.807) is 12.1 Å². The Hall–Kier alpha value is -2.12. The van der Waals surface area contributed by atoms with E-state index in [0.29, 0.717) is 0 Å². The lowest BCUT2D eigenvalue weighted by molar-refractivity contribution is -0.156. The molecule has 20 heavy (non-hydrogen) atoms. The van der Waals surface area contributed by atoms with Crippen LogP contribution in [0.1, 0.15) is 12.5 Å². The fourth-order valence-corrected chi connectivity index (χ4v) is 1.44. The van der Waals surface area contributed by atoms with Gasteiger partial charge in [0.25, 0.3) is 0 Å². The zero-order valence-electron chi connectivity index (χ0n) is 11.0. The van der Waals surface area contributed by atoms with Crippen LogP contribution in [0.25, 0.3) is 0 Å². The van der Waals surface area contributed by atoms with Crippen LogP contribution in [0.5, 0.6) is 5.75 Å². The molecule has 110 valence electrons. The number of aliphatic hydroxyl groups is 1. The minimum absolute atomic E-state index is 0.115. The predicted octanol–water partition coefficient (Wildman–Crippen LogP) is -0.786. The van der Waals surface area contributed by atoms with Crippen LogP contribution >= 0.6 is 0 Å². The summed E-state index contributed by atoms with van der Waals surface area (Å²) in [5.41, 5.74) is 4.42. The summed E-state index contributed by atoms with van der Waals surface area (Å²) in [7, 11) is 0. The first-order valence-corrected chi connectivity index (χ1v) is 5.99. The number of aromatic hydroxyl groups is 1. The van der Waals surface area contributed by atoms with E-state index in [1.165, 1.54) is 12.1 Å². The minimum Gasteiger partial charge on any atom is -0.508 e. The largest absolute Gasteiger partial charge is 0.508 e. The molecule has 1 aromatic carbocycles. The molecule has 2 atom stereocenters. The molecule has 1 rings (SSSR count). The molecule has 0 saturated carbocycles. The molecule has 0 bridgehead atoms. The molecule has 0 aromatic heterocycles. The monoisotopic (exact) mass is 282 g/mol. The molecular weight excluding hydrogens is 264 g/mol. The SMILES string of the molecule is CC(O)(CNC(=O)[C@@H](N)Cc1ccc(O)cc1)C(=O)O. The van der Waals surface area contributed by atoms with Crippen LogP contribution in [-0.2, 0) is 16.0 Å². The Morgan fingerprint density at radius 2 is 1.90 bits per heavy atom. The molecule has 0 aliphatic heterocycles. The first-order chi connectivity index (χ1) is 9.22. The molecule has 7 nitrogen and oxygen atoms in total. The molecule has 1 amide bonds. The summed E-state index contributed by atoms with van der Waals surface area (Å²) in [5.74, 6) is -1.87. The number of carboxylic acids is 1. The van der Waals surface area contributed by atoms with E-state index < -0.39 is 30.1 Å². The van der Waals surface area contributed by atoms with Crippen molar-refractivity contribution in [1.82, 2.24) is 5.32 Å². The highest BCUT2D eigenvalue weighted by Crippen LogP contribution is 2.11. The fourth-order valence-electron chi connectivity index (χ4n) is 1.44. The summed E-state index contributed by atoms with van der Waals surface area (Å²) < 4.78 is 0. The normalized spacial score (nSPS) is 15.2. The number of carboxylic acid groups (broad SMARTS) is 1. The van der Waals surface area contributed by atoms with Crippen LogP contribution in [0.3, 0.4) is 0 Å². The van der Waals surface area contributed by atoms with Crippen LogP contribution in [0.4, 0.5) is 0 Å². The Morgan fingerprint density at radius 3 is 2.40 bits per heavy atom. The van der Waals surface area contributed by atoms with Crippen LogP contribution < -0.4 is 11.1 Å². The summed E-state index contributed by atoms with van der Waals surface area (Å²) in [6.45, 7) is 0.658. The van der Waals surface area contributed by atoms with E-state index in [-0.39, 0.29) is 12.2 Å². The molecule has 0 aliphatic rings. The Kier molecular flexibility index (Phi) is 5.06. The van der Waals surface area contributed by atoms with Crippen molar-refractivity contribution in [2.45, 2.75) is 25.0 Å². The molecule has 0 saturated heterocycles. The number of phenols is 1. The highest BCUT2D eigenvalue weighted by Gasteiger charge is 2.30. The number of nitrogens with one attached hydrogen (secondary N) is 1. The Balaban J connectivity index is 2.51. The first kappa shape index (κ1) is 15.9. The highest BCUT2D eigenvalue weighted by atomic mass is 16.4. The van der Waals surface area contributed by atoms with Gasteiger partial charge in [0.1, 0.15) is 5.75 Å². The van der Waals surface area contributed by atoms with Gasteiger partial charge in [-0.3, -0.25) is 4.79 Å². The standard InChI is InChI=1S/C13H18N2O5/c1-13(20,12(18)19)7-15-11(17)10(14)6-8-2-4-9(16)5-3-8/h2-5,10,16,20H,6-7,14H2,1H3,(H,15,17)(H,18,19)/t10-,13?/m0/s1. The maximum Gasteiger partial charge on any atom is 0.337 e. The molecule has 6 N–H and O–H groups in total. The molecule has 7 heteroatoms. The second kappa shape index (κ2) is 6.36. The van der Waals surface area contributed by atoms with Crippen LogP contribution in [0.15, 0.2) is 24.3 Å². The topological polar surface area (TPSA) is 133 Å². The van der Waals surface area contributed by atoms with Crippen molar-refractivity contribution in [3.8, 4) is 5.75 Å². The van der Waals surface area contributed by atoms with Gasteiger partial charge in [-0.25, -0.2) is 4.79 Å². The van der Waals surface area contributed by atoms with E-state index >= 15 is 0 Å². The van der Waals surface area contributed by atoms with Crippen LogP contribution in [0, 0.1) is 0 Å². The quantitative estimate of drug-likeness (QED) is 0.464. The molecule has 0 aliphatic carbocycles. The van der Waals surface area contributed by atoms with E-state index in [0.717, 1.165) is 12.5 Å². The number of hydrogen-bond acceptors (Lipinski definition) is 5. The third kappa shape index (κ3) is 4.52. The summed E-state index contributed by atoms with van der Waals surface area (Å²) in [6.07, 6.45) is 0.237. The lowest BCUT2D eigenvalue weighted by Gasteiger charge is -2.20. The zero-order valence-corrected chi connectivity index (χ0v) is 11.0. The molecule has 0 radical (unpaired) electrons. The summed E-state index contributed by atoms with van der Waals surface area (Å²) >= 11 is 0. The van der Waals surface area contributed by atoms with Gasteiger partial charge in [-0.2, -0.15) is 0 Å². The van der Waals surface area contributed by atoms with Gasteiger partial charge in [0.15, 0.2) is 5.60 Å². The first-order valence-electron chi connectivity index (χ1n) is 5.99. The number of carbonyl (C=O) groups is 2. The number of rotatable bonds is 6. The summed E-state index contributed by atoms with van der Waals surface area (Å²) in [4.78, 5) is 22.4. The van der Waals surface area contributed by atoms with Crippen molar-refractivity contribution in [2.75, 3.05) is 6.54 Å². The maximum absolute atomic E-state index is 11.7. The van der Waals surface area contributed by atoms with Crippen molar-refractivity contribution in [3.05, 3.63) is 29.8 Å². The van der Waals surface area contributed by atoms with Gasteiger partial charge >= 0.3 is 5.97 Å². The smallest absolute Gasteiger partial charge is 0.337 e. The average Bonchev–Trinajstić information content (AvgIpc) is 2.38. The van der Waals surface area contributed by atoms with Crippen molar-refractivity contribution >= 4 is 11.9 Å². The summed E-state index contributed by atoms with van der Waals surface area (Å²) in [5, 5.41) is 29.6. The number of phenolic OH excluding ortho intramolecular Hbond substituents is 1. The highest BCUT2D eigenvalue weighted by molar-refractivity contribution is 5.83. The van der Waals surface area contributed by atoms with Gasteiger partial charge in [-0.05, 0) is 31.0 Å². The number of hydrogen-bond donors (Lipinski definition) is 5. The number of benzene rings is 1. The van der Waals surface area contributed by atoms with Crippen molar-refractivity contribution in [2.24, 2.45) is 5.73 Å². The lowest BCUT2D eigenvalue weighted by atomic mass is 10.0. The molecular formula is C13H18N2O5. The summed E-state index contributed by atoms with van der Waals surface area (Å²) in [6, 6.07) is 5.36. The third-order valence-corrected chi connectivity index (χ3v) is 2.80. The predicted molar refractivity (Wildman–Crippen MR) is 71.1 cm³/mol. The fraction of sp³-hybridized carbons (Fsp3) is 0.385. The molecule has 1 aromatic rings. The Morgan fingerprint density at radius 1 is 1.35 bits per heavy atom. The molecule has 0 heterocycles. The third-order valence-electron chi connectivity index (χ3n) is 2.80. The van der Waals surface area contributed by atoms with Crippen molar-refractivity contribution in [1.29, 1.82) is 0 Å². The Labute approximate surface area is 116 Å². The van der Waals surface area contributed by atoms with E-state index in [9.17, 15) is 14.7 Å². The van der Waals surface area contributed by atoms with Crippen molar-refractivity contribution < 1.29 is 24.9 Å². The van der Waals surface area contributed by atoms with E-state index in [1.807, 2.05) is 0 Å². The minimum atomic E-state index is -2.03.